The number of hydrogen-bond donors (Lipinski definition) is 3. The fourth-order valence-corrected chi connectivity index (χ4v) is 4.59. The number of carbonyl (C=O) groups excluding carboxylic acids is 1. The van der Waals surface area contributed by atoms with Crippen molar-refractivity contribution in [1.29, 1.82) is 0 Å². The molecule has 0 heterocycles. The quantitative estimate of drug-likeness (QED) is 0.230. The Morgan fingerprint density at radius 3 is 2.15 bits per heavy atom. The molecular formula is C32H37NO7. The third kappa shape index (κ3) is 8.68. The fourth-order valence-electron chi connectivity index (χ4n) is 4.59. The third-order valence-electron chi connectivity index (χ3n) is 7.09. The Labute approximate surface area is 234 Å². The molecule has 0 radical (unpaired) electrons. The molecule has 3 N–H and O–H groups in total. The zero-order valence-corrected chi connectivity index (χ0v) is 23.0. The van der Waals surface area contributed by atoms with Gasteiger partial charge in [-0.15, -0.1) is 0 Å². The second kappa shape index (κ2) is 14.3. The van der Waals surface area contributed by atoms with Gasteiger partial charge in [0.2, 0.25) is 0 Å². The smallest absolute Gasteiger partial charge is 0.307 e. The minimum Gasteiger partial charge on any atom is -0.489 e. The van der Waals surface area contributed by atoms with E-state index in [1.165, 1.54) is 0 Å². The number of carbonyl (C=O) groups is 3. The van der Waals surface area contributed by atoms with E-state index in [-0.39, 0.29) is 25.4 Å². The van der Waals surface area contributed by atoms with Crippen molar-refractivity contribution in [2.24, 2.45) is 0 Å². The zero-order valence-electron chi connectivity index (χ0n) is 23.0. The molecule has 0 saturated heterocycles. The van der Waals surface area contributed by atoms with Crippen LogP contribution in [0.25, 0.3) is 0 Å². The van der Waals surface area contributed by atoms with Crippen LogP contribution in [0.2, 0.25) is 0 Å². The lowest BCUT2D eigenvalue weighted by Gasteiger charge is -2.28. The maximum Gasteiger partial charge on any atom is 0.307 e. The first-order valence-electron chi connectivity index (χ1n) is 13.5. The van der Waals surface area contributed by atoms with Gasteiger partial charge < -0.3 is 25.0 Å². The Balaban J connectivity index is 1.80. The predicted molar refractivity (Wildman–Crippen MR) is 153 cm³/mol. The van der Waals surface area contributed by atoms with E-state index in [9.17, 15) is 24.6 Å². The minimum absolute atomic E-state index is 0.135. The lowest BCUT2D eigenvalue weighted by atomic mass is 9.92. The number of nitrogens with zero attached hydrogens (tertiary/aromatic N) is 1. The van der Waals surface area contributed by atoms with Crippen LogP contribution in [-0.4, -0.2) is 45.3 Å². The monoisotopic (exact) mass is 547 g/mol. The molecule has 40 heavy (non-hydrogen) atoms. The largest absolute Gasteiger partial charge is 0.489 e. The topological polar surface area (TPSA) is 124 Å². The zero-order chi connectivity index (χ0) is 29.1. The van der Waals surface area contributed by atoms with Crippen molar-refractivity contribution in [2.75, 3.05) is 11.4 Å². The molecule has 0 aliphatic rings. The number of aliphatic hydroxyl groups is 1. The first-order valence-corrected chi connectivity index (χ1v) is 13.5. The van der Waals surface area contributed by atoms with Crippen LogP contribution in [0.1, 0.15) is 66.6 Å². The van der Waals surface area contributed by atoms with E-state index in [2.05, 4.69) is 0 Å². The van der Waals surface area contributed by atoms with E-state index in [0.29, 0.717) is 65.9 Å². The average molecular weight is 548 g/mol. The first-order chi connectivity index (χ1) is 19.1. The summed E-state index contributed by atoms with van der Waals surface area (Å²) in [6, 6.07) is 21.2. The van der Waals surface area contributed by atoms with Gasteiger partial charge >= 0.3 is 11.9 Å². The van der Waals surface area contributed by atoms with Gasteiger partial charge in [0, 0.05) is 23.9 Å². The SMILES string of the molecule is CCC(O)(CC)CCCN(C(=O)c1ccccc1)c1cccc(OCc2ccc(CC(=O)O)c(CC(=O)O)c2)c1. The summed E-state index contributed by atoms with van der Waals surface area (Å²) in [5.74, 6) is -1.70. The summed E-state index contributed by atoms with van der Waals surface area (Å²) in [4.78, 5) is 37.6. The van der Waals surface area contributed by atoms with Crippen LogP contribution in [-0.2, 0) is 29.0 Å². The Morgan fingerprint density at radius 2 is 1.50 bits per heavy atom. The molecule has 8 nitrogen and oxygen atoms in total. The second-order valence-corrected chi connectivity index (χ2v) is 9.89. The van der Waals surface area contributed by atoms with Crippen LogP contribution < -0.4 is 9.64 Å². The molecule has 0 atom stereocenters. The van der Waals surface area contributed by atoms with Gasteiger partial charge in [0.05, 0.1) is 18.4 Å². The molecule has 8 heteroatoms. The molecule has 0 unspecified atom stereocenters. The van der Waals surface area contributed by atoms with Crippen molar-refractivity contribution < 1.29 is 34.4 Å². The molecular weight excluding hydrogens is 510 g/mol. The van der Waals surface area contributed by atoms with Crippen LogP contribution in [0, 0.1) is 0 Å². The molecule has 0 saturated carbocycles. The number of anilines is 1. The third-order valence-corrected chi connectivity index (χ3v) is 7.09. The number of carboxylic acids is 2. The van der Waals surface area contributed by atoms with Crippen LogP contribution in [0.4, 0.5) is 5.69 Å². The van der Waals surface area contributed by atoms with E-state index in [1.54, 1.807) is 53.4 Å². The summed E-state index contributed by atoms with van der Waals surface area (Å²) in [5, 5.41) is 29.1. The van der Waals surface area contributed by atoms with Crippen molar-refractivity contribution in [2.45, 2.75) is 64.6 Å². The Bertz CT molecular complexity index is 1300. The van der Waals surface area contributed by atoms with Crippen molar-refractivity contribution >= 4 is 23.5 Å². The average Bonchev–Trinajstić information content (AvgIpc) is 2.95. The van der Waals surface area contributed by atoms with E-state index in [0.717, 1.165) is 0 Å². The van der Waals surface area contributed by atoms with Crippen molar-refractivity contribution in [3.05, 3.63) is 95.1 Å². The molecule has 3 rings (SSSR count). The molecule has 0 aliphatic heterocycles. The highest BCUT2D eigenvalue weighted by Gasteiger charge is 2.24. The number of carboxylic acid groups (broad SMARTS) is 2. The van der Waals surface area contributed by atoms with Gasteiger partial charge in [0.25, 0.3) is 5.91 Å². The van der Waals surface area contributed by atoms with Crippen molar-refractivity contribution in [3.63, 3.8) is 0 Å². The van der Waals surface area contributed by atoms with Gasteiger partial charge in [-0.3, -0.25) is 14.4 Å². The van der Waals surface area contributed by atoms with Crippen molar-refractivity contribution in [1.82, 2.24) is 0 Å². The van der Waals surface area contributed by atoms with Crippen LogP contribution >= 0.6 is 0 Å². The predicted octanol–water partition coefficient (Wildman–Crippen LogP) is 5.50. The summed E-state index contributed by atoms with van der Waals surface area (Å²) in [6.07, 6.45) is 1.94. The summed E-state index contributed by atoms with van der Waals surface area (Å²) in [7, 11) is 0. The molecule has 212 valence electrons. The van der Waals surface area contributed by atoms with Gasteiger partial charge in [-0.1, -0.05) is 56.3 Å². The van der Waals surface area contributed by atoms with Gasteiger partial charge in [-0.25, -0.2) is 0 Å². The molecule has 3 aromatic carbocycles. The Hall–Kier alpha value is -4.17. The van der Waals surface area contributed by atoms with Gasteiger partial charge in [0.15, 0.2) is 0 Å². The standard InChI is InChI=1S/C32H37NO7/c1-3-32(39,4-2)16-9-17-33(31(38)24-10-6-5-7-11-24)27-12-8-13-28(21-27)40-22-23-14-15-25(19-29(34)35)26(18-23)20-30(36)37/h5-8,10-15,18,21,39H,3-4,9,16-17,19-20,22H2,1-2H3,(H,34,35)(H,36,37). The highest BCUT2D eigenvalue weighted by molar-refractivity contribution is 6.06. The second-order valence-electron chi connectivity index (χ2n) is 9.89. The van der Waals surface area contributed by atoms with Gasteiger partial charge in [-0.2, -0.15) is 0 Å². The number of aliphatic carboxylic acids is 2. The van der Waals surface area contributed by atoms with Crippen LogP contribution in [0.3, 0.4) is 0 Å². The highest BCUT2D eigenvalue weighted by Crippen LogP contribution is 2.27. The molecule has 1 amide bonds. The highest BCUT2D eigenvalue weighted by atomic mass is 16.5. The summed E-state index contributed by atoms with van der Waals surface area (Å²) in [6.45, 7) is 4.47. The first kappa shape index (κ1) is 30.4. The van der Waals surface area contributed by atoms with E-state index < -0.39 is 17.5 Å². The molecule has 3 aromatic rings. The Kier molecular flexibility index (Phi) is 10.8. The lowest BCUT2D eigenvalue weighted by Crippen LogP contribution is -2.34. The molecule has 0 spiro atoms. The number of benzene rings is 3. The van der Waals surface area contributed by atoms with E-state index in [4.69, 9.17) is 9.84 Å². The Morgan fingerprint density at radius 1 is 0.825 bits per heavy atom. The van der Waals surface area contributed by atoms with E-state index in [1.807, 2.05) is 38.1 Å². The summed E-state index contributed by atoms with van der Waals surface area (Å²) >= 11 is 0. The lowest BCUT2D eigenvalue weighted by molar-refractivity contribution is -0.137. The van der Waals surface area contributed by atoms with Crippen LogP contribution in [0.5, 0.6) is 5.75 Å². The molecule has 0 bridgehead atoms. The number of ether oxygens (including phenoxy) is 1. The molecule has 0 fully saturated rings. The fraction of sp³-hybridized carbons (Fsp3) is 0.344. The minimum atomic E-state index is -1.04. The normalized spacial score (nSPS) is 11.2. The van der Waals surface area contributed by atoms with Crippen molar-refractivity contribution in [3.8, 4) is 5.75 Å². The molecule has 0 aliphatic carbocycles. The van der Waals surface area contributed by atoms with Gasteiger partial charge in [-0.05, 0) is 66.6 Å². The number of rotatable bonds is 15. The van der Waals surface area contributed by atoms with Crippen LogP contribution in [0.15, 0.2) is 72.8 Å². The van der Waals surface area contributed by atoms with Gasteiger partial charge in [0.1, 0.15) is 12.4 Å². The summed E-state index contributed by atoms with van der Waals surface area (Å²) < 4.78 is 6.00. The number of amides is 1. The molecule has 0 aromatic heterocycles. The van der Waals surface area contributed by atoms with E-state index >= 15 is 0 Å². The summed E-state index contributed by atoms with van der Waals surface area (Å²) in [5.41, 5.74) is 2.05. The maximum absolute atomic E-state index is 13.5. The maximum atomic E-state index is 13.5. The number of hydrogen-bond acceptors (Lipinski definition) is 5.